The van der Waals surface area contributed by atoms with Gasteiger partial charge in [-0.2, -0.15) is 5.10 Å². The van der Waals surface area contributed by atoms with Gasteiger partial charge in [-0.25, -0.2) is 13.8 Å². The molecule has 0 radical (unpaired) electrons. The number of ether oxygens (including phenoxy) is 2. The lowest BCUT2D eigenvalue weighted by Gasteiger charge is -2.24. The zero-order valence-electron chi connectivity index (χ0n) is 22.2. The molecule has 43 heavy (non-hydrogen) atoms. The van der Waals surface area contributed by atoms with E-state index in [1.54, 1.807) is 48.5 Å². The van der Waals surface area contributed by atoms with Gasteiger partial charge >= 0.3 is 0 Å². The average molecular weight is 746 g/mol. The van der Waals surface area contributed by atoms with Crippen LogP contribution < -0.4 is 19.2 Å². The Hall–Kier alpha value is -2.99. The van der Waals surface area contributed by atoms with E-state index < -0.39 is 22.5 Å². The zero-order chi connectivity index (χ0) is 31.1. The molecule has 0 heterocycles. The Morgan fingerprint density at radius 2 is 1.70 bits per heavy atom. The van der Waals surface area contributed by atoms with Crippen LogP contribution in [-0.2, 0) is 21.4 Å². The molecule has 4 rings (SSSR count). The van der Waals surface area contributed by atoms with Crippen LogP contribution in [0.4, 0.5) is 5.69 Å². The summed E-state index contributed by atoms with van der Waals surface area (Å²) in [4.78, 5) is 12.9. The molecule has 4 aromatic carbocycles. The molecule has 14 heteroatoms. The first-order valence-corrected chi connectivity index (χ1v) is 16.0. The predicted octanol–water partition coefficient (Wildman–Crippen LogP) is 8.00. The summed E-state index contributed by atoms with van der Waals surface area (Å²) in [5.74, 6) is 0.118. The summed E-state index contributed by atoms with van der Waals surface area (Å²) < 4.78 is 39.9. The highest BCUT2D eigenvalue weighted by molar-refractivity contribution is 9.10. The van der Waals surface area contributed by atoms with Crippen LogP contribution in [-0.4, -0.2) is 34.2 Å². The number of halogens is 5. The maximum Gasteiger partial charge on any atom is 0.264 e. The zero-order valence-corrected chi connectivity index (χ0v) is 27.7. The first-order chi connectivity index (χ1) is 20.5. The number of rotatable bonds is 11. The SMILES string of the molecule is COc1cc(/C=N\NC(=O)CN(c2cccc(Cl)c2Cl)S(=O)(=O)c2ccccc2)cc(Br)c1OCc1ccc(Cl)c(Cl)c1. The highest BCUT2D eigenvalue weighted by atomic mass is 79.9. The van der Waals surface area contributed by atoms with Crippen molar-refractivity contribution in [3.05, 3.63) is 115 Å². The summed E-state index contributed by atoms with van der Waals surface area (Å²) in [5.41, 5.74) is 3.76. The summed E-state index contributed by atoms with van der Waals surface area (Å²) in [7, 11) is -2.70. The molecule has 0 spiro atoms. The summed E-state index contributed by atoms with van der Waals surface area (Å²) in [6.07, 6.45) is 1.37. The number of carbonyl (C=O) groups excluding carboxylic acids is 1. The molecule has 8 nitrogen and oxygen atoms in total. The molecule has 0 saturated carbocycles. The first kappa shape index (κ1) is 32.9. The van der Waals surface area contributed by atoms with Gasteiger partial charge in [0.15, 0.2) is 11.5 Å². The highest BCUT2D eigenvalue weighted by Crippen LogP contribution is 2.38. The number of hydrogen-bond donors (Lipinski definition) is 1. The summed E-state index contributed by atoms with van der Waals surface area (Å²) >= 11 is 28.0. The normalized spacial score (nSPS) is 11.4. The topological polar surface area (TPSA) is 97.3 Å². The van der Waals surface area contributed by atoms with Crippen LogP contribution in [0.3, 0.4) is 0 Å². The lowest BCUT2D eigenvalue weighted by atomic mass is 10.2. The van der Waals surface area contributed by atoms with E-state index in [-0.39, 0.29) is 27.2 Å². The number of carbonyl (C=O) groups is 1. The van der Waals surface area contributed by atoms with Crippen molar-refractivity contribution in [2.24, 2.45) is 5.10 Å². The van der Waals surface area contributed by atoms with Crippen LogP contribution in [0, 0.1) is 0 Å². The molecular formula is C29H22BrCl4N3O5S. The minimum absolute atomic E-state index is 0.0154. The molecule has 0 aromatic heterocycles. The lowest BCUT2D eigenvalue weighted by Crippen LogP contribution is -2.39. The number of anilines is 1. The molecule has 0 atom stereocenters. The number of methoxy groups -OCH3 is 1. The Bertz CT molecular complexity index is 1780. The lowest BCUT2D eigenvalue weighted by molar-refractivity contribution is -0.119. The van der Waals surface area contributed by atoms with Gasteiger partial charge in [0, 0.05) is 0 Å². The largest absolute Gasteiger partial charge is 0.493 e. The Morgan fingerprint density at radius 3 is 2.40 bits per heavy atom. The Morgan fingerprint density at radius 1 is 0.953 bits per heavy atom. The molecule has 0 aliphatic heterocycles. The Kier molecular flexibility index (Phi) is 11.2. The second-order valence-corrected chi connectivity index (χ2v) is 13.1. The second kappa shape index (κ2) is 14.7. The standard InChI is InChI=1S/C29H22BrCl4N3O5S/c1-41-26-14-19(12-21(30)29(26)42-17-18-10-11-22(31)24(33)13-18)15-35-36-27(38)16-37(25-9-5-8-23(32)28(25)34)43(39,40)20-6-3-2-4-7-20/h2-15H,16-17H2,1H3,(H,36,38)/b35-15-. The Balaban J connectivity index is 1.50. The minimum Gasteiger partial charge on any atom is -0.493 e. The molecular weight excluding hydrogens is 724 g/mol. The van der Waals surface area contributed by atoms with Gasteiger partial charge in [-0.05, 0) is 75.6 Å². The molecule has 4 aromatic rings. The van der Waals surface area contributed by atoms with Crippen molar-refractivity contribution in [1.82, 2.24) is 5.43 Å². The monoisotopic (exact) mass is 743 g/mol. The molecule has 1 amide bonds. The van der Waals surface area contributed by atoms with Crippen LogP contribution in [0.5, 0.6) is 11.5 Å². The number of nitrogens with zero attached hydrogens (tertiary/aromatic N) is 2. The molecule has 0 fully saturated rings. The van der Waals surface area contributed by atoms with Crippen molar-refractivity contribution >= 4 is 90.2 Å². The third-order valence-electron chi connectivity index (χ3n) is 5.84. The maximum absolute atomic E-state index is 13.5. The van der Waals surface area contributed by atoms with Gasteiger partial charge in [0.2, 0.25) is 0 Å². The van der Waals surface area contributed by atoms with E-state index in [9.17, 15) is 13.2 Å². The number of hydrazone groups is 1. The highest BCUT2D eigenvalue weighted by Gasteiger charge is 2.29. The quantitative estimate of drug-likeness (QED) is 0.124. The number of benzene rings is 4. The van der Waals surface area contributed by atoms with E-state index in [1.807, 2.05) is 0 Å². The van der Waals surface area contributed by atoms with Gasteiger partial charge in [0.1, 0.15) is 13.2 Å². The van der Waals surface area contributed by atoms with E-state index in [0.29, 0.717) is 31.6 Å². The van der Waals surface area contributed by atoms with Crippen LogP contribution in [0.1, 0.15) is 11.1 Å². The summed E-state index contributed by atoms with van der Waals surface area (Å²) in [6, 6.07) is 20.7. The molecule has 0 saturated heterocycles. The van der Waals surface area contributed by atoms with Crippen LogP contribution in [0.2, 0.25) is 20.1 Å². The van der Waals surface area contributed by atoms with Crippen molar-refractivity contribution in [2.75, 3.05) is 18.0 Å². The third-order valence-corrected chi connectivity index (χ3v) is 9.75. The molecule has 0 aliphatic rings. The minimum atomic E-state index is -4.19. The number of nitrogens with one attached hydrogen (secondary N) is 1. The average Bonchev–Trinajstić information content (AvgIpc) is 2.99. The van der Waals surface area contributed by atoms with E-state index >= 15 is 0 Å². The molecule has 1 N–H and O–H groups in total. The molecule has 0 bridgehead atoms. The van der Waals surface area contributed by atoms with Gasteiger partial charge in [0.25, 0.3) is 15.9 Å². The summed E-state index contributed by atoms with van der Waals surface area (Å²) in [6.45, 7) is -0.419. The van der Waals surface area contributed by atoms with Crippen LogP contribution in [0.25, 0.3) is 0 Å². The van der Waals surface area contributed by atoms with Gasteiger partial charge in [-0.3, -0.25) is 9.10 Å². The van der Waals surface area contributed by atoms with Crippen molar-refractivity contribution in [1.29, 1.82) is 0 Å². The van der Waals surface area contributed by atoms with E-state index in [0.717, 1.165) is 9.87 Å². The van der Waals surface area contributed by atoms with Crippen LogP contribution in [0.15, 0.2) is 93.3 Å². The number of hydrogen-bond acceptors (Lipinski definition) is 6. The van der Waals surface area contributed by atoms with Crippen LogP contribution >= 0.6 is 62.3 Å². The Labute approximate surface area is 277 Å². The van der Waals surface area contributed by atoms with E-state index in [1.165, 1.54) is 43.7 Å². The number of sulfonamides is 1. The smallest absolute Gasteiger partial charge is 0.264 e. The molecule has 224 valence electrons. The van der Waals surface area contributed by atoms with Gasteiger partial charge < -0.3 is 9.47 Å². The fraction of sp³-hybridized carbons (Fsp3) is 0.103. The third kappa shape index (κ3) is 8.14. The van der Waals surface area contributed by atoms with E-state index in [4.69, 9.17) is 55.9 Å². The first-order valence-electron chi connectivity index (χ1n) is 12.3. The van der Waals surface area contributed by atoms with E-state index in [2.05, 4.69) is 26.5 Å². The number of amides is 1. The summed E-state index contributed by atoms with van der Waals surface area (Å²) in [5, 5.41) is 4.97. The van der Waals surface area contributed by atoms with Crippen molar-refractivity contribution < 1.29 is 22.7 Å². The van der Waals surface area contributed by atoms with Gasteiger partial charge in [0.05, 0.1) is 48.5 Å². The van der Waals surface area contributed by atoms with Crippen molar-refractivity contribution in [2.45, 2.75) is 11.5 Å². The van der Waals surface area contributed by atoms with Crippen molar-refractivity contribution in [3.63, 3.8) is 0 Å². The second-order valence-electron chi connectivity index (χ2n) is 8.76. The maximum atomic E-state index is 13.5. The van der Waals surface area contributed by atoms with Gasteiger partial charge in [-0.1, -0.05) is 76.7 Å². The fourth-order valence-corrected chi connectivity index (χ4v) is 6.58. The van der Waals surface area contributed by atoms with Gasteiger partial charge in [-0.15, -0.1) is 0 Å². The molecule has 0 aliphatic carbocycles. The van der Waals surface area contributed by atoms with Crippen molar-refractivity contribution in [3.8, 4) is 11.5 Å². The predicted molar refractivity (Wildman–Crippen MR) is 175 cm³/mol. The molecule has 0 unspecified atom stereocenters. The fourth-order valence-electron chi connectivity index (χ4n) is 3.79.